The first-order valence-electron chi connectivity index (χ1n) is 6.85. The molecule has 3 heterocycles. The van der Waals surface area contributed by atoms with Crippen molar-refractivity contribution in [2.45, 2.75) is 31.8 Å². The molecule has 1 unspecified atom stereocenters. The molecule has 0 radical (unpaired) electrons. The van der Waals surface area contributed by atoms with Gasteiger partial charge in [0.1, 0.15) is 11.0 Å². The molecule has 0 spiro atoms. The van der Waals surface area contributed by atoms with E-state index < -0.39 is 0 Å². The Hall–Kier alpha value is -1.46. The predicted octanol–water partition coefficient (Wildman–Crippen LogP) is 2.64. The normalized spacial score (nSPS) is 19.2. The van der Waals surface area contributed by atoms with Crippen LogP contribution in [0.2, 0.25) is 5.15 Å². The standard InChI is InChI=1S/C14H17ClN4O/c1-19-9-10(8-16-19)12-7-13(15)18-14(17-12)6-11-4-2-3-5-20-11/h7-9,11H,2-6H2,1H3. The minimum Gasteiger partial charge on any atom is -0.378 e. The number of hydrogen-bond donors (Lipinski definition) is 0. The third kappa shape index (κ3) is 3.16. The van der Waals surface area contributed by atoms with Gasteiger partial charge in [0.15, 0.2) is 0 Å². The van der Waals surface area contributed by atoms with Crippen LogP contribution in [0.4, 0.5) is 0 Å². The van der Waals surface area contributed by atoms with Gasteiger partial charge in [-0.15, -0.1) is 0 Å². The Bertz CT molecular complexity index is 593. The molecule has 1 aliphatic rings. The molecule has 2 aromatic rings. The molecule has 1 aliphatic heterocycles. The highest BCUT2D eigenvalue weighted by molar-refractivity contribution is 6.29. The van der Waals surface area contributed by atoms with Gasteiger partial charge >= 0.3 is 0 Å². The zero-order chi connectivity index (χ0) is 13.9. The van der Waals surface area contributed by atoms with Gasteiger partial charge in [-0.2, -0.15) is 5.10 Å². The highest BCUT2D eigenvalue weighted by Gasteiger charge is 2.17. The van der Waals surface area contributed by atoms with Crippen molar-refractivity contribution in [3.63, 3.8) is 0 Å². The quantitative estimate of drug-likeness (QED) is 0.816. The molecule has 1 fully saturated rings. The highest BCUT2D eigenvalue weighted by Crippen LogP contribution is 2.21. The number of halogens is 1. The van der Waals surface area contributed by atoms with Gasteiger partial charge in [-0.05, 0) is 19.3 Å². The number of aryl methyl sites for hydroxylation is 1. The smallest absolute Gasteiger partial charge is 0.133 e. The SMILES string of the molecule is Cn1cc(-c2cc(Cl)nc(CC3CCCCO3)n2)cn1. The van der Waals surface area contributed by atoms with Crippen molar-refractivity contribution in [3.8, 4) is 11.3 Å². The molecule has 0 amide bonds. The molecule has 0 bridgehead atoms. The van der Waals surface area contributed by atoms with E-state index in [0.29, 0.717) is 11.6 Å². The molecule has 0 aromatic carbocycles. The largest absolute Gasteiger partial charge is 0.378 e. The molecule has 2 aromatic heterocycles. The lowest BCUT2D eigenvalue weighted by Gasteiger charge is -2.21. The molecule has 0 N–H and O–H groups in total. The third-order valence-electron chi connectivity index (χ3n) is 3.43. The second kappa shape index (κ2) is 5.89. The Morgan fingerprint density at radius 2 is 2.30 bits per heavy atom. The van der Waals surface area contributed by atoms with Crippen LogP contribution in [0.15, 0.2) is 18.5 Å². The maximum Gasteiger partial charge on any atom is 0.133 e. The molecule has 1 atom stereocenters. The molecule has 5 nitrogen and oxygen atoms in total. The van der Waals surface area contributed by atoms with Crippen LogP contribution in [0.5, 0.6) is 0 Å². The average molecular weight is 293 g/mol. The van der Waals surface area contributed by atoms with E-state index in [4.69, 9.17) is 16.3 Å². The topological polar surface area (TPSA) is 52.8 Å². The maximum atomic E-state index is 6.11. The van der Waals surface area contributed by atoms with E-state index in [1.807, 2.05) is 13.2 Å². The van der Waals surface area contributed by atoms with Crippen LogP contribution in [-0.4, -0.2) is 32.5 Å². The van der Waals surface area contributed by atoms with E-state index in [1.165, 1.54) is 6.42 Å². The minimum atomic E-state index is 0.212. The van der Waals surface area contributed by atoms with Crippen LogP contribution in [0, 0.1) is 0 Å². The van der Waals surface area contributed by atoms with Crippen molar-refractivity contribution in [1.29, 1.82) is 0 Å². The molecule has 3 rings (SSSR count). The zero-order valence-corrected chi connectivity index (χ0v) is 12.2. The lowest BCUT2D eigenvalue weighted by Crippen LogP contribution is -2.22. The van der Waals surface area contributed by atoms with Crippen LogP contribution < -0.4 is 0 Å². The van der Waals surface area contributed by atoms with Crippen LogP contribution in [0.25, 0.3) is 11.3 Å². The van der Waals surface area contributed by atoms with Crippen LogP contribution in [0.1, 0.15) is 25.1 Å². The lowest BCUT2D eigenvalue weighted by molar-refractivity contribution is 0.0156. The maximum absolute atomic E-state index is 6.11. The van der Waals surface area contributed by atoms with Gasteiger partial charge in [0.2, 0.25) is 0 Å². The van der Waals surface area contributed by atoms with Gasteiger partial charge < -0.3 is 4.74 Å². The van der Waals surface area contributed by atoms with Gasteiger partial charge in [-0.3, -0.25) is 4.68 Å². The summed E-state index contributed by atoms with van der Waals surface area (Å²) in [4.78, 5) is 8.89. The fourth-order valence-electron chi connectivity index (χ4n) is 2.43. The van der Waals surface area contributed by atoms with Gasteiger partial charge in [0, 0.05) is 37.9 Å². The fraction of sp³-hybridized carbons (Fsp3) is 0.500. The Labute approximate surface area is 123 Å². The van der Waals surface area contributed by atoms with E-state index in [2.05, 4.69) is 15.1 Å². The highest BCUT2D eigenvalue weighted by atomic mass is 35.5. The van der Waals surface area contributed by atoms with Crippen molar-refractivity contribution in [3.05, 3.63) is 29.4 Å². The van der Waals surface area contributed by atoms with Crippen molar-refractivity contribution >= 4 is 11.6 Å². The molecule has 1 saturated heterocycles. The number of nitrogens with zero attached hydrogens (tertiary/aromatic N) is 4. The third-order valence-corrected chi connectivity index (χ3v) is 3.62. The number of ether oxygens (including phenoxy) is 1. The fourth-order valence-corrected chi connectivity index (χ4v) is 2.63. The molecule has 0 aliphatic carbocycles. The number of rotatable bonds is 3. The first-order chi connectivity index (χ1) is 9.70. The molecular formula is C14H17ClN4O. The van der Waals surface area contributed by atoms with Crippen LogP contribution in [0.3, 0.4) is 0 Å². The number of aromatic nitrogens is 4. The van der Waals surface area contributed by atoms with E-state index >= 15 is 0 Å². The molecule has 6 heteroatoms. The van der Waals surface area contributed by atoms with E-state index in [0.717, 1.165) is 36.5 Å². The van der Waals surface area contributed by atoms with Crippen molar-refractivity contribution in [2.24, 2.45) is 7.05 Å². The summed E-state index contributed by atoms with van der Waals surface area (Å²) in [6.07, 6.45) is 8.04. The first-order valence-corrected chi connectivity index (χ1v) is 7.22. The van der Waals surface area contributed by atoms with E-state index in [-0.39, 0.29) is 6.10 Å². The van der Waals surface area contributed by atoms with Crippen LogP contribution in [-0.2, 0) is 18.2 Å². The summed E-state index contributed by atoms with van der Waals surface area (Å²) >= 11 is 6.11. The lowest BCUT2D eigenvalue weighted by atomic mass is 10.1. The Morgan fingerprint density at radius 1 is 1.40 bits per heavy atom. The predicted molar refractivity (Wildman–Crippen MR) is 76.5 cm³/mol. The summed E-state index contributed by atoms with van der Waals surface area (Å²) in [5, 5.41) is 4.62. The summed E-state index contributed by atoms with van der Waals surface area (Å²) in [5.74, 6) is 0.739. The Kier molecular flexibility index (Phi) is 3.98. The molecule has 106 valence electrons. The minimum absolute atomic E-state index is 0.212. The molecular weight excluding hydrogens is 276 g/mol. The summed E-state index contributed by atoms with van der Waals surface area (Å²) in [5.41, 5.74) is 1.76. The van der Waals surface area contributed by atoms with Crippen molar-refractivity contribution in [1.82, 2.24) is 19.7 Å². The number of hydrogen-bond acceptors (Lipinski definition) is 4. The zero-order valence-electron chi connectivity index (χ0n) is 11.4. The van der Waals surface area contributed by atoms with Gasteiger partial charge in [-0.25, -0.2) is 9.97 Å². The van der Waals surface area contributed by atoms with E-state index in [1.54, 1.807) is 16.9 Å². The second-order valence-corrected chi connectivity index (χ2v) is 5.47. The summed E-state index contributed by atoms with van der Waals surface area (Å²) in [6.45, 7) is 0.834. The average Bonchev–Trinajstić information content (AvgIpc) is 2.86. The Balaban J connectivity index is 1.82. The van der Waals surface area contributed by atoms with Gasteiger partial charge in [0.25, 0.3) is 0 Å². The van der Waals surface area contributed by atoms with Crippen LogP contribution >= 0.6 is 11.6 Å². The summed E-state index contributed by atoms with van der Waals surface area (Å²) in [6, 6.07) is 1.77. The van der Waals surface area contributed by atoms with Crippen molar-refractivity contribution < 1.29 is 4.74 Å². The summed E-state index contributed by atoms with van der Waals surface area (Å²) < 4.78 is 7.48. The van der Waals surface area contributed by atoms with Gasteiger partial charge in [-0.1, -0.05) is 11.6 Å². The molecule has 0 saturated carbocycles. The van der Waals surface area contributed by atoms with E-state index in [9.17, 15) is 0 Å². The Morgan fingerprint density at radius 3 is 3.00 bits per heavy atom. The molecule has 20 heavy (non-hydrogen) atoms. The van der Waals surface area contributed by atoms with Gasteiger partial charge in [0.05, 0.1) is 18.0 Å². The summed E-state index contributed by atoms with van der Waals surface area (Å²) in [7, 11) is 1.88. The van der Waals surface area contributed by atoms with Crippen molar-refractivity contribution in [2.75, 3.05) is 6.61 Å². The monoisotopic (exact) mass is 292 g/mol. The second-order valence-electron chi connectivity index (χ2n) is 5.09. The first kappa shape index (κ1) is 13.5.